The molecule has 0 radical (unpaired) electrons. The lowest BCUT2D eigenvalue weighted by molar-refractivity contribution is -0.118. The molecule has 2 N–H and O–H groups in total. The van der Waals surface area contributed by atoms with Crippen molar-refractivity contribution in [2.24, 2.45) is 5.10 Å². The molecule has 0 spiro atoms. The highest BCUT2D eigenvalue weighted by atomic mass is 35.5. The Morgan fingerprint density at radius 2 is 2.31 bits per heavy atom. The molecule has 0 aliphatic rings. The fourth-order valence-corrected chi connectivity index (χ4v) is 1.18. The van der Waals surface area contributed by atoms with Crippen LogP contribution in [0.25, 0.3) is 0 Å². The van der Waals surface area contributed by atoms with Gasteiger partial charge in [-0.25, -0.2) is 10.2 Å². The third kappa shape index (κ3) is 3.03. The first kappa shape index (κ1) is 12.1. The minimum Gasteiger partial charge on any atom is -0.478 e. The molecular formula is C9H8ClN3O3. The van der Waals surface area contributed by atoms with Gasteiger partial charge in [0.1, 0.15) is 5.56 Å². The Labute approximate surface area is 95.9 Å². The third-order valence-corrected chi connectivity index (χ3v) is 1.87. The van der Waals surface area contributed by atoms with E-state index in [4.69, 9.17) is 16.7 Å². The number of aromatic nitrogens is 1. The van der Waals surface area contributed by atoms with Gasteiger partial charge in [-0.1, -0.05) is 11.6 Å². The number of hydrazone groups is 1. The second-order valence-electron chi connectivity index (χ2n) is 2.78. The summed E-state index contributed by atoms with van der Waals surface area (Å²) in [5, 5.41) is 12.5. The van der Waals surface area contributed by atoms with Crippen LogP contribution >= 0.6 is 11.6 Å². The lowest BCUT2D eigenvalue weighted by Gasteiger charge is -2.01. The number of hydrogen-bond donors (Lipinski definition) is 2. The molecule has 1 rings (SSSR count). The average Bonchev–Trinajstić information content (AvgIpc) is 2.16. The molecule has 1 amide bonds. The summed E-state index contributed by atoms with van der Waals surface area (Å²) in [6.07, 6.45) is 2.47. The highest BCUT2D eigenvalue weighted by Crippen LogP contribution is 2.16. The van der Waals surface area contributed by atoms with Gasteiger partial charge >= 0.3 is 5.97 Å². The van der Waals surface area contributed by atoms with Gasteiger partial charge in [0.2, 0.25) is 5.91 Å². The van der Waals surface area contributed by atoms with Crippen LogP contribution in [0, 0.1) is 0 Å². The Balaban J connectivity index is 3.04. The number of aromatic carboxylic acids is 1. The summed E-state index contributed by atoms with van der Waals surface area (Å²) in [7, 11) is 0. The largest absolute Gasteiger partial charge is 0.478 e. The Morgan fingerprint density at radius 3 is 2.88 bits per heavy atom. The van der Waals surface area contributed by atoms with Gasteiger partial charge in [-0.05, 0) is 6.07 Å². The van der Waals surface area contributed by atoms with Gasteiger partial charge in [0.05, 0.1) is 16.9 Å². The fraction of sp³-hybridized carbons (Fsp3) is 0.111. The van der Waals surface area contributed by atoms with Crippen molar-refractivity contribution >= 4 is 29.7 Å². The highest BCUT2D eigenvalue weighted by molar-refractivity contribution is 6.34. The predicted octanol–water partition coefficient (Wildman–Crippen LogP) is 0.903. The van der Waals surface area contributed by atoms with Gasteiger partial charge in [-0.3, -0.25) is 9.78 Å². The summed E-state index contributed by atoms with van der Waals surface area (Å²) in [4.78, 5) is 25.2. The number of halogens is 1. The summed E-state index contributed by atoms with van der Waals surface area (Å²) in [5.41, 5.74) is 2.06. The normalized spacial score (nSPS) is 10.4. The predicted molar refractivity (Wildman–Crippen MR) is 57.6 cm³/mol. The van der Waals surface area contributed by atoms with E-state index in [1.165, 1.54) is 19.2 Å². The molecule has 0 aliphatic heterocycles. The van der Waals surface area contributed by atoms with Gasteiger partial charge in [0, 0.05) is 13.1 Å². The van der Waals surface area contributed by atoms with E-state index in [1.807, 2.05) is 0 Å². The van der Waals surface area contributed by atoms with Gasteiger partial charge in [-0.2, -0.15) is 5.10 Å². The van der Waals surface area contributed by atoms with Crippen molar-refractivity contribution in [3.05, 3.63) is 28.5 Å². The number of carboxylic acid groups (broad SMARTS) is 1. The Bertz CT molecular complexity index is 459. The van der Waals surface area contributed by atoms with Crippen molar-refractivity contribution in [3.63, 3.8) is 0 Å². The van der Waals surface area contributed by atoms with Crippen LogP contribution in [0.1, 0.15) is 23.0 Å². The number of carboxylic acids is 1. The monoisotopic (exact) mass is 241 g/mol. The first-order valence-electron chi connectivity index (χ1n) is 4.20. The van der Waals surface area contributed by atoms with Crippen molar-refractivity contribution in [3.8, 4) is 0 Å². The molecule has 1 aromatic heterocycles. The third-order valence-electron chi connectivity index (χ3n) is 1.55. The molecule has 84 valence electrons. The number of amides is 1. The maximum absolute atomic E-state index is 10.9. The lowest BCUT2D eigenvalue weighted by Crippen LogP contribution is -2.13. The molecule has 0 aliphatic carbocycles. The summed E-state index contributed by atoms with van der Waals surface area (Å²) < 4.78 is 0. The van der Waals surface area contributed by atoms with Gasteiger partial charge in [0.25, 0.3) is 0 Å². The first-order valence-corrected chi connectivity index (χ1v) is 4.57. The van der Waals surface area contributed by atoms with Crippen LogP contribution in [0.3, 0.4) is 0 Å². The molecule has 1 heterocycles. The maximum atomic E-state index is 10.9. The SMILES string of the molecule is CC(=O)N/N=C/c1nccc(Cl)c1C(=O)O. The molecule has 0 saturated carbocycles. The van der Waals surface area contributed by atoms with Crippen LogP contribution in [0.15, 0.2) is 17.4 Å². The lowest BCUT2D eigenvalue weighted by atomic mass is 10.2. The number of nitrogens with zero attached hydrogens (tertiary/aromatic N) is 2. The molecule has 0 saturated heterocycles. The smallest absolute Gasteiger partial charge is 0.339 e. The van der Waals surface area contributed by atoms with E-state index in [1.54, 1.807) is 0 Å². The molecule has 7 heteroatoms. The quantitative estimate of drug-likeness (QED) is 0.608. The van der Waals surface area contributed by atoms with Crippen molar-refractivity contribution in [2.45, 2.75) is 6.92 Å². The van der Waals surface area contributed by atoms with E-state index >= 15 is 0 Å². The fourth-order valence-electron chi connectivity index (χ4n) is 0.947. The topological polar surface area (TPSA) is 91.7 Å². The second kappa shape index (κ2) is 5.22. The number of hydrogen-bond acceptors (Lipinski definition) is 4. The van der Waals surface area contributed by atoms with Crippen molar-refractivity contribution in [1.29, 1.82) is 0 Å². The zero-order valence-electron chi connectivity index (χ0n) is 8.27. The average molecular weight is 242 g/mol. The summed E-state index contributed by atoms with van der Waals surface area (Å²) in [6.45, 7) is 1.28. The minimum atomic E-state index is -1.21. The molecule has 0 bridgehead atoms. The maximum Gasteiger partial charge on any atom is 0.339 e. The first-order chi connectivity index (χ1) is 7.52. The van der Waals surface area contributed by atoms with E-state index in [2.05, 4.69) is 15.5 Å². The van der Waals surface area contributed by atoms with E-state index in [0.29, 0.717) is 0 Å². The number of pyridine rings is 1. The van der Waals surface area contributed by atoms with Crippen LogP contribution in [0.5, 0.6) is 0 Å². The molecule has 6 nitrogen and oxygen atoms in total. The van der Waals surface area contributed by atoms with Crippen LogP contribution in [0.2, 0.25) is 5.02 Å². The van der Waals surface area contributed by atoms with Crippen LogP contribution in [0.4, 0.5) is 0 Å². The molecule has 0 aromatic carbocycles. The van der Waals surface area contributed by atoms with Crippen LogP contribution in [-0.2, 0) is 4.79 Å². The van der Waals surface area contributed by atoms with Crippen molar-refractivity contribution in [2.75, 3.05) is 0 Å². The molecule has 0 fully saturated rings. The van der Waals surface area contributed by atoms with Crippen molar-refractivity contribution in [1.82, 2.24) is 10.4 Å². The van der Waals surface area contributed by atoms with Gasteiger partial charge in [0.15, 0.2) is 0 Å². The zero-order chi connectivity index (χ0) is 12.1. The molecular weight excluding hydrogens is 234 g/mol. The van der Waals surface area contributed by atoms with Crippen LogP contribution in [-0.4, -0.2) is 28.2 Å². The summed E-state index contributed by atoms with van der Waals surface area (Å²) >= 11 is 5.70. The van der Waals surface area contributed by atoms with E-state index < -0.39 is 5.97 Å². The highest BCUT2D eigenvalue weighted by Gasteiger charge is 2.13. The van der Waals surface area contributed by atoms with E-state index in [9.17, 15) is 9.59 Å². The molecule has 0 unspecified atom stereocenters. The standard InChI is InChI=1S/C9H8ClN3O3/c1-5(14)13-12-4-7-8(9(15)16)6(10)2-3-11-7/h2-4H,1H3,(H,13,14)(H,15,16)/b12-4+. The minimum absolute atomic E-state index is 0.0618. The van der Waals surface area contributed by atoms with E-state index in [0.717, 1.165) is 6.21 Å². The Morgan fingerprint density at radius 1 is 1.62 bits per heavy atom. The Kier molecular flexibility index (Phi) is 3.96. The number of carbonyl (C=O) groups is 2. The number of nitrogens with one attached hydrogen (secondary N) is 1. The van der Waals surface area contributed by atoms with Crippen LogP contribution < -0.4 is 5.43 Å². The number of carbonyl (C=O) groups excluding carboxylic acids is 1. The second-order valence-corrected chi connectivity index (χ2v) is 3.19. The zero-order valence-corrected chi connectivity index (χ0v) is 9.02. The number of rotatable bonds is 3. The molecule has 1 aromatic rings. The Hall–Kier alpha value is -1.95. The summed E-state index contributed by atoms with van der Waals surface area (Å²) in [5.74, 6) is -1.57. The molecule has 0 atom stereocenters. The summed E-state index contributed by atoms with van der Waals surface area (Å²) in [6, 6.07) is 1.36. The van der Waals surface area contributed by atoms with Crippen molar-refractivity contribution < 1.29 is 14.7 Å². The van der Waals surface area contributed by atoms with E-state index in [-0.39, 0.29) is 22.2 Å². The molecule has 16 heavy (non-hydrogen) atoms. The van der Waals surface area contributed by atoms with Gasteiger partial charge < -0.3 is 5.11 Å². The van der Waals surface area contributed by atoms with Gasteiger partial charge in [-0.15, -0.1) is 0 Å².